The molecule has 0 aliphatic heterocycles. The van der Waals surface area contributed by atoms with Gasteiger partial charge in [-0.3, -0.25) is 9.59 Å². The number of primary amides is 1. The molecule has 0 bridgehead atoms. The van der Waals surface area contributed by atoms with Gasteiger partial charge in [0.05, 0.1) is 6.42 Å². The molecule has 1 aromatic carbocycles. The summed E-state index contributed by atoms with van der Waals surface area (Å²) in [6, 6.07) is 3.83. The fourth-order valence-electron chi connectivity index (χ4n) is 1.35. The minimum Gasteiger partial charge on any atom is -0.481 e. The van der Waals surface area contributed by atoms with Gasteiger partial charge in [0, 0.05) is 6.42 Å². The number of nitrogens with two attached hydrogens (primary N) is 1. The van der Waals surface area contributed by atoms with Crippen molar-refractivity contribution in [2.24, 2.45) is 5.73 Å². The Labute approximate surface area is 97.6 Å². The van der Waals surface area contributed by atoms with Crippen molar-refractivity contribution in [3.63, 3.8) is 0 Å². The summed E-state index contributed by atoms with van der Waals surface area (Å²) in [5, 5.41) is 8.68. The number of hydrogen-bond donors (Lipinski definition) is 2. The number of rotatable bonds is 5. The monoisotopic (exact) mass is 237 g/mol. The molecule has 0 aliphatic rings. The maximum absolute atomic E-state index is 13.0. The molecule has 0 saturated carbocycles. The second-order valence-corrected chi connectivity index (χ2v) is 3.49. The van der Waals surface area contributed by atoms with E-state index in [2.05, 4.69) is 0 Å². The van der Waals surface area contributed by atoms with E-state index in [1.165, 1.54) is 30.4 Å². The van der Waals surface area contributed by atoms with Crippen LogP contribution in [0, 0.1) is 5.82 Å². The molecule has 5 heteroatoms. The van der Waals surface area contributed by atoms with Crippen LogP contribution in [0.25, 0.3) is 6.08 Å². The van der Waals surface area contributed by atoms with Gasteiger partial charge < -0.3 is 10.8 Å². The third kappa shape index (κ3) is 4.46. The van der Waals surface area contributed by atoms with E-state index in [-0.39, 0.29) is 12.8 Å². The Morgan fingerprint density at radius 2 is 2.12 bits per heavy atom. The molecule has 90 valence electrons. The van der Waals surface area contributed by atoms with E-state index in [0.29, 0.717) is 11.1 Å². The highest BCUT2D eigenvalue weighted by Gasteiger charge is 2.06. The zero-order valence-corrected chi connectivity index (χ0v) is 9.02. The van der Waals surface area contributed by atoms with Crippen LogP contribution in [0.2, 0.25) is 0 Å². The second kappa shape index (κ2) is 5.79. The number of carboxylic acid groups (broad SMARTS) is 1. The summed E-state index contributed by atoms with van der Waals surface area (Å²) in [4.78, 5) is 21.1. The van der Waals surface area contributed by atoms with Crippen molar-refractivity contribution in [2.75, 3.05) is 0 Å². The summed E-state index contributed by atoms with van der Waals surface area (Å²) in [6.45, 7) is 0. The summed E-state index contributed by atoms with van der Waals surface area (Å²) >= 11 is 0. The van der Waals surface area contributed by atoms with Gasteiger partial charge in [-0.1, -0.05) is 18.2 Å². The third-order valence-corrected chi connectivity index (χ3v) is 2.07. The lowest BCUT2D eigenvalue weighted by Gasteiger charge is -2.03. The van der Waals surface area contributed by atoms with Crippen LogP contribution in [-0.2, 0) is 16.0 Å². The highest BCUT2D eigenvalue weighted by molar-refractivity contribution is 5.77. The average molecular weight is 237 g/mol. The topological polar surface area (TPSA) is 80.4 Å². The molecule has 0 aromatic heterocycles. The Balaban J connectivity index is 2.94. The van der Waals surface area contributed by atoms with E-state index in [1.807, 2.05) is 0 Å². The quantitative estimate of drug-likeness (QED) is 0.810. The first-order valence-corrected chi connectivity index (χ1v) is 4.94. The number of hydrogen-bond acceptors (Lipinski definition) is 2. The van der Waals surface area contributed by atoms with Crippen LogP contribution in [0.3, 0.4) is 0 Å². The first-order valence-electron chi connectivity index (χ1n) is 4.94. The normalized spacial score (nSPS) is 10.6. The highest BCUT2D eigenvalue weighted by Crippen LogP contribution is 2.14. The lowest BCUT2D eigenvalue weighted by atomic mass is 10.0. The average Bonchev–Trinajstić information content (AvgIpc) is 2.21. The van der Waals surface area contributed by atoms with Crippen molar-refractivity contribution in [1.29, 1.82) is 0 Å². The molecular formula is C12H12FNO3. The van der Waals surface area contributed by atoms with Crippen LogP contribution in [0.1, 0.15) is 17.5 Å². The zero-order chi connectivity index (χ0) is 12.8. The van der Waals surface area contributed by atoms with Gasteiger partial charge >= 0.3 is 5.97 Å². The fourth-order valence-corrected chi connectivity index (χ4v) is 1.35. The van der Waals surface area contributed by atoms with Gasteiger partial charge in [-0.05, 0) is 23.3 Å². The van der Waals surface area contributed by atoms with Gasteiger partial charge in [-0.15, -0.1) is 0 Å². The van der Waals surface area contributed by atoms with Crippen LogP contribution >= 0.6 is 0 Å². The van der Waals surface area contributed by atoms with Crippen molar-refractivity contribution in [3.05, 3.63) is 41.2 Å². The standard InChI is InChI=1S/C12H12FNO3/c13-10-5-4-9(7-12(16)17)8(6-10)2-1-3-11(14)15/h1-2,4-6H,3,7H2,(H2,14,15)(H,16,17). The van der Waals surface area contributed by atoms with E-state index in [4.69, 9.17) is 10.8 Å². The lowest BCUT2D eigenvalue weighted by molar-refractivity contribution is -0.136. The molecule has 0 atom stereocenters. The SMILES string of the molecule is NC(=O)CC=Cc1cc(F)ccc1CC(=O)O. The second-order valence-electron chi connectivity index (χ2n) is 3.49. The predicted molar refractivity (Wildman–Crippen MR) is 60.6 cm³/mol. The molecule has 4 nitrogen and oxygen atoms in total. The van der Waals surface area contributed by atoms with Crippen molar-refractivity contribution >= 4 is 18.0 Å². The van der Waals surface area contributed by atoms with E-state index in [0.717, 1.165) is 0 Å². The number of carbonyl (C=O) groups is 2. The van der Waals surface area contributed by atoms with Gasteiger partial charge in [-0.2, -0.15) is 0 Å². The first-order chi connectivity index (χ1) is 7.99. The molecule has 3 N–H and O–H groups in total. The Hall–Kier alpha value is -2.17. The molecule has 1 rings (SSSR count). The third-order valence-electron chi connectivity index (χ3n) is 2.07. The van der Waals surface area contributed by atoms with Gasteiger partial charge in [-0.25, -0.2) is 4.39 Å². The Bertz CT molecular complexity index is 469. The van der Waals surface area contributed by atoms with Crippen molar-refractivity contribution in [1.82, 2.24) is 0 Å². The molecule has 0 aliphatic carbocycles. The summed E-state index contributed by atoms with van der Waals surface area (Å²) in [5.41, 5.74) is 5.87. The van der Waals surface area contributed by atoms with E-state index < -0.39 is 17.7 Å². The number of benzene rings is 1. The van der Waals surface area contributed by atoms with Crippen LogP contribution in [-0.4, -0.2) is 17.0 Å². The van der Waals surface area contributed by atoms with Crippen LogP contribution in [0.4, 0.5) is 4.39 Å². The molecule has 0 saturated heterocycles. The number of carboxylic acids is 1. The Morgan fingerprint density at radius 1 is 1.41 bits per heavy atom. The summed E-state index contributed by atoms with van der Waals surface area (Å²) < 4.78 is 13.0. The van der Waals surface area contributed by atoms with E-state index >= 15 is 0 Å². The number of aliphatic carboxylic acids is 1. The molecule has 0 radical (unpaired) electrons. The molecule has 1 amide bonds. The van der Waals surface area contributed by atoms with Gasteiger partial charge in [0.1, 0.15) is 5.82 Å². The molecule has 0 unspecified atom stereocenters. The Morgan fingerprint density at radius 3 is 2.71 bits per heavy atom. The van der Waals surface area contributed by atoms with Crippen LogP contribution in [0.5, 0.6) is 0 Å². The van der Waals surface area contributed by atoms with Crippen LogP contribution < -0.4 is 5.73 Å². The minimum absolute atomic E-state index is 0.0308. The largest absolute Gasteiger partial charge is 0.481 e. The van der Waals surface area contributed by atoms with E-state index in [9.17, 15) is 14.0 Å². The lowest BCUT2D eigenvalue weighted by Crippen LogP contribution is -2.08. The molecule has 0 spiro atoms. The number of carbonyl (C=O) groups excluding carboxylic acids is 1. The summed E-state index contributed by atoms with van der Waals surface area (Å²) in [6.07, 6.45) is 2.80. The first kappa shape index (κ1) is 12.9. The summed E-state index contributed by atoms with van der Waals surface area (Å²) in [7, 11) is 0. The molecule has 1 aromatic rings. The number of amides is 1. The fraction of sp³-hybridized carbons (Fsp3) is 0.167. The number of halogens is 1. The van der Waals surface area contributed by atoms with Crippen molar-refractivity contribution in [2.45, 2.75) is 12.8 Å². The van der Waals surface area contributed by atoms with Crippen LogP contribution in [0.15, 0.2) is 24.3 Å². The molecule has 0 fully saturated rings. The van der Waals surface area contributed by atoms with Gasteiger partial charge in [0.15, 0.2) is 0 Å². The molecule has 17 heavy (non-hydrogen) atoms. The highest BCUT2D eigenvalue weighted by atomic mass is 19.1. The van der Waals surface area contributed by atoms with E-state index in [1.54, 1.807) is 0 Å². The maximum atomic E-state index is 13.0. The summed E-state index contributed by atoms with van der Waals surface area (Å²) in [5.74, 6) is -1.96. The molecule has 0 heterocycles. The van der Waals surface area contributed by atoms with Crippen molar-refractivity contribution < 1.29 is 19.1 Å². The predicted octanol–water partition coefficient (Wildman–Crippen LogP) is 1.34. The smallest absolute Gasteiger partial charge is 0.307 e. The van der Waals surface area contributed by atoms with Gasteiger partial charge in [0.2, 0.25) is 5.91 Å². The molecular weight excluding hydrogens is 225 g/mol. The minimum atomic E-state index is -0.999. The maximum Gasteiger partial charge on any atom is 0.307 e. The van der Waals surface area contributed by atoms with Gasteiger partial charge in [0.25, 0.3) is 0 Å². The van der Waals surface area contributed by atoms with Crippen molar-refractivity contribution in [3.8, 4) is 0 Å². The zero-order valence-electron chi connectivity index (χ0n) is 9.02. The Kier molecular flexibility index (Phi) is 4.39.